The van der Waals surface area contributed by atoms with Crippen LogP contribution in [0.3, 0.4) is 0 Å². The Morgan fingerprint density at radius 3 is 2.53 bits per heavy atom. The Labute approximate surface area is 172 Å². The van der Waals surface area contributed by atoms with Gasteiger partial charge >= 0.3 is 5.97 Å². The molecule has 4 rings (SSSR count). The minimum absolute atomic E-state index is 0.133. The van der Waals surface area contributed by atoms with Crippen molar-refractivity contribution in [2.24, 2.45) is 5.10 Å². The third-order valence-electron chi connectivity index (χ3n) is 4.95. The summed E-state index contributed by atoms with van der Waals surface area (Å²) >= 11 is 0. The first-order chi connectivity index (χ1) is 14.5. The minimum atomic E-state index is -1.02. The maximum absolute atomic E-state index is 12.8. The molecule has 0 bridgehead atoms. The van der Waals surface area contributed by atoms with Crippen LogP contribution in [0.4, 0.5) is 0 Å². The molecule has 1 atom stereocenters. The maximum atomic E-state index is 12.8. The van der Waals surface area contributed by atoms with Crippen molar-refractivity contribution in [1.29, 1.82) is 0 Å². The number of carbonyl (C=O) groups is 2. The van der Waals surface area contributed by atoms with E-state index in [0.717, 1.165) is 28.1 Å². The van der Waals surface area contributed by atoms with E-state index in [9.17, 15) is 9.59 Å². The summed E-state index contributed by atoms with van der Waals surface area (Å²) in [6.45, 7) is 0. The summed E-state index contributed by atoms with van der Waals surface area (Å²) in [7, 11) is 1.60. The summed E-state index contributed by atoms with van der Waals surface area (Å²) in [5.74, 6) is -0.659. The van der Waals surface area contributed by atoms with Crippen molar-refractivity contribution in [3.05, 3.63) is 66.0 Å². The number of aromatic nitrogens is 2. The number of methoxy groups -OCH3 is 1. The molecule has 3 aromatic rings. The number of ether oxygens (including phenoxy) is 1. The number of carbonyl (C=O) groups excluding carboxylic acids is 1. The van der Waals surface area contributed by atoms with Gasteiger partial charge in [-0.15, -0.1) is 0 Å². The van der Waals surface area contributed by atoms with Gasteiger partial charge < -0.3 is 9.84 Å². The Bertz CT molecular complexity index is 1130. The van der Waals surface area contributed by atoms with E-state index in [1.807, 2.05) is 48.5 Å². The Morgan fingerprint density at radius 2 is 1.83 bits per heavy atom. The lowest BCUT2D eigenvalue weighted by atomic mass is 10.0. The van der Waals surface area contributed by atoms with E-state index in [0.29, 0.717) is 12.1 Å². The molecule has 0 saturated carbocycles. The molecule has 1 amide bonds. The first kappa shape index (κ1) is 19.5. The largest absolute Gasteiger partial charge is 0.497 e. The van der Waals surface area contributed by atoms with Gasteiger partial charge in [0.1, 0.15) is 11.8 Å². The number of hydrogen-bond donors (Lipinski definition) is 1. The number of amides is 1. The molecule has 1 aromatic heterocycles. The highest BCUT2D eigenvalue weighted by atomic mass is 16.5. The summed E-state index contributed by atoms with van der Waals surface area (Å²) in [6.07, 6.45) is 1.72. The van der Waals surface area contributed by atoms with E-state index in [1.54, 1.807) is 13.3 Å². The number of fused-ring (bicyclic) bond motifs is 1. The number of nitrogens with zero attached hydrogens (tertiary/aromatic N) is 4. The van der Waals surface area contributed by atoms with Gasteiger partial charge in [-0.1, -0.05) is 12.1 Å². The van der Waals surface area contributed by atoms with Crippen LogP contribution in [0, 0.1) is 0 Å². The second-order valence-corrected chi connectivity index (χ2v) is 6.91. The maximum Gasteiger partial charge on any atom is 0.303 e. The highest BCUT2D eigenvalue weighted by Crippen LogP contribution is 2.33. The molecule has 0 saturated heterocycles. The van der Waals surface area contributed by atoms with Gasteiger partial charge in [-0.2, -0.15) is 5.10 Å². The van der Waals surface area contributed by atoms with E-state index in [1.165, 1.54) is 5.01 Å². The quantitative estimate of drug-likeness (QED) is 0.677. The van der Waals surface area contributed by atoms with Crippen molar-refractivity contribution in [2.75, 3.05) is 7.11 Å². The molecule has 0 spiro atoms. The first-order valence-corrected chi connectivity index (χ1v) is 9.52. The first-order valence-electron chi connectivity index (χ1n) is 9.52. The second kappa shape index (κ2) is 8.28. The molecule has 152 valence electrons. The zero-order chi connectivity index (χ0) is 21.1. The van der Waals surface area contributed by atoms with Crippen LogP contribution in [0.2, 0.25) is 0 Å². The molecule has 1 aliphatic heterocycles. The molecule has 30 heavy (non-hydrogen) atoms. The van der Waals surface area contributed by atoms with Crippen molar-refractivity contribution in [3.63, 3.8) is 0 Å². The SMILES string of the molecule is COc1ccc(C2=NN(C(=O)CCC(=O)O)[C@H](c3cnc4ccccc4n3)C2)cc1. The Hall–Kier alpha value is -3.81. The Morgan fingerprint density at radius 1 is 1.10 bits per heavy atom. The molecule has 0 fully saturated rings. The van der Waals surface area contributed by atoms with Crippen molar-refractivity contribution < 1.29 is 19.4 Å². The van der Waals surface area contributed by atoms with Gasteiger partial charge in [-0.05, 0) is 42.0 Å². The third-order valence-corrected chi connectivity index (χ3v) is 4.95. The fourth-order valence-corrected chi connectivity index (χ4v) is 3.39. The molecule has 8 heteroatoms. The van der Waals surface area contributed by atoms with Crippen LogP contribution in [0.5, 0.6) is 5.75 Å². The van der Waals surface area contributed by atoms with Crippen LogP contribution in [-0.4, -0.2) is 44.8 Å². The monoisotopic (exact) mass is 404 g/mol. The van der Waals surface area contributed by atoms with Crippen LogP contribution in [0.1, 0.15) is 36.6 Å². The lowest BCUT2D eigenvalue weighted by Crippen LogP contribution is -2.28. The number of hydrazone groups is 1. The topological polar surface area (TPSA) is 105 Å². The van der Waals surface area contributed by atoms with Gasteiger partial charge in [0.15, 0.2) is 0 Å². The number of benzene rings is 2. The van der Waals surface area contributed by atoms with Crippen LogP contribution in [0.15, 0.2) is 59.8 Å². The molecule has 2 aromatic carbocycles. The van der Waals surface area contributed by atoms with Gasteiger partial charge in [0, 0.05) is 12.8 Å². The van der Waals surface area contributed by atoms with Gasteiger partial charge in [0.05, 0.1) is 42.2 Å². The van der Waals surface area contributed by atoms with Crippen molar-refractivity contribution >= 4 is 28.6 Å². The van der Waals surface area contributed by atoms with E-state index in [2.05, 4.69) is 15.1 Å². The van der Waals surface area contributed by atoms with Crippen molar-refractivity contribution in [3.8, 4) is 5.75 Å². The molecule has 0 radical (unpaired) electrons. The fourth-order valence-electron chi connectivity index (χ4n) is 3.39. The Kier molecular flexibility index (Phi) is 5.38. The molecule has 1 aliphatic rings. The standard InChI is InChI=1S/C22H20N4O4/c1-30-15-8-6-14(7-9-15)18-12-20(26(25-18)21(27)10-11-22(28)29)19-13-23-16-4-2-3-5-17(16)24-19/h2-9,13,20H,10-12H2,1H3,(H,28,29)/t20-/m0/s1. The summed E-state index contributed by atoms with van der Waals surface area (Å²) in [5.41, 5.74) is 3.69. The number of rotatable bonds is 6. The van der Waals surface area contributed by atoms with Crippen molar-refractivity contribution in [2.45, 2.75) is 25.3 Å². The van der Waals surface area contributed by atoms with Crippen molar-refractivity contribution in [1.82, 2.24) is 15.0 Å². The van der Waals surface area contributed by atoms with E-state index in [4.69, 9.17) is 9.84 Å². The molecule has 2 heterocycles. The number of aliphatic carboxylic acids is 1. The summed E-state index contributed by atoms with van der Waals surface area (Å²) < 4.78 is 5.20. The predicted molar refractivity (Wildman–Crippen MR) is 110 cm³/mol. The molecule has 8 nitrogen and oxygen atoms in total. The predicted octanol–water partition coefficient (Wildman–Crippen LogP) is 3.18. The van der Waals surface area contributed by atoms with E-state index >= 15 is 0 Å². The molecular weight excluding hydrogens is 384 g/mol. The lowest BCUT2D eigenvalue weighted by Gasteiger charge is -2.21. The number of carboxylic acids is 1. The van der Waals surface area contributed by atoms with Gasteiger partial charge in [-0.25, -0.2) is 9.99 Å². The summed E-state index contributed by atoms with van der Waals surface area (Å²) in [5, 5.41) is 14.8. The smallest absolute Gasteiger partial charge is 0.303 e. The second-order valence-electron chi connectivity index (χ2n) is 6.91. The van der Waals surface area contributed by atoms with E-state index < -0.39 is 12.0 Å². The average Bonchev–Trinajstić information content (AvgIpc) is 3.23. The Balaban J connectivity index is 1.67. The zero-order valence-electron chi connectivity index (χ0n) is 16.4. The van der Waals surface area contributed by atoms with Gasteiger partial charge in [0.2, 0.25) is 5.91 Å². The number of para-hydroxylation sites is 2. The van der Waals surface area contributed by atoms with Crippen LogP contribution < -0.4 is 4.74 Å². The normalized spacial score (nSPS) is 15.8. The highest BCUT2D eigenvalue weighted by Gasteiger charge is 2.34. The van der Waals surface area contributed by atoms with Crippen LogP contribution >= 0.6 is 0 Å². The summed E-state index contributed by atoms with van der Waals surface area (Å²) in [4.78, 5) is 32.8. The zero-order valence-corrected chi connectivity index (χ0v) is 16.4. The average molecular weight is 404 g/mol. The van der Waals surface area contributed by atoms with Crippen LogP contribution in [-0.2, 0) is 9.59 Å². The van der Waals surface area contributed by atoms with Gasteiger partial charge in [-0.3, -0.25) is 14.6 Å². The number of carboxylic acid groups (broad SMARTS) is 1. The van der Waals surface area contributed by atoms with E-state index in [-0.39, 0.29) is 18.7 Å². The van der Waals surface area contributed by atoms with Crippen LogP contribution in [0.25, 0.3) is 11.0 Å². The minimum Gasteiger partial charge on any atom is -0.497 e. The highest BCUT2D eigenvalue weighted by molar-refractivity contribution is 6.03. The molecule has 0 unspecified atom stereocenters. The third kappa shape index (κ3) is 3.98. The number of hydrogen-bond acceptors (Lipinski definition) is 6. The van der Waals surface area contributed by atoms with Gasteiger partial charge in [0.25, 0.3) is 0 Å². The summed E-state index contributed by atoms with van der Waals surface area (Å²) in [6, 6.07) is 14.5. The lowest BCUT2D eigenvalue weighted by molar-refractivity contribution is -0.141. The molecule has 1 N–H and O–H groups in total. The molecular formula is C22H20N4O4. The fraction of sp³-hybridized carbons (Fsp3) is 0.227. The molecule has 0 aliphatic carbocycles.